The zero-order valence-electron chi connectivity index (χ0n) is 19.9. The van der Waals surface area contributed by atoms with Crippen LogP contribution in [0.4, 0.5) is 0 Å². The van der Waals surface area contributed by atoms with Crippen LogP contribution in [0.2, 0.25) is 0 Å². The highest BCUT2D eigenvalue weighted by Gasteiger charge is 2.56. The minimum atomic E-state index is -1.00. The van der Waals surface area contributed by atoms with Crippen LogP contribution in [-0.2, 0) is 21.5 Å². The van der Waals surface area contributed by atoms with E-state index in [1.807, 2.05) is 24.0 Å². The number of aryl methyl sites for hydroxylation is 1. The molecule has 2 atom stereocenters. The Morgan fingerprint density at radius 3 is 2.52 bits per heavy atom. The molecule has 5 rings (SSSR count). The third-order valence-electron chi connectivity index (χ3n) is 7.64. The molecule has 172 valence electrons. The molecule has 1 saturated heterocycles. The van der Waals surface area contributed by atoms with Crippen LogP contribution in [0.3, 0.4) is 0 Å². The van der Waals surface area contributed by atoms with Gasteiger partial charge in [0.2, 0.25) is 5.91 Å². The second-order valence-electron chi connectivity index (χ2n) is 9.62. The van der Waals surface area contributed by atoms with Crippen molar-refractivity contribution >= 4 is 22.7 Å². The van der Waals surface area contributed by atoms with Gasteiger partial charge >= 0.3 is 0 Å². The molecule has 1 fully saturated rings. The topological polar surface area (TPSA) is 56.4 Å². The minimum Gasteiger partial charge on any atom is -0.356 e. The first-order chi connectivity index (χ1) is 16.0. The molecule has 3 heterocycles. The van der Waals surface area contributed by atoms with E-state index in [-0.39, 0.29) is 24.3 Å². The fourth-order valence-electron chi connectivity index (χ4n) is 5.69. The monoisotopic (exact) mass is 443 g/mol. The highest BCUT2D eigenvalue weighted by Crippen LogP contribution is 2.48. The van der Waals surface area contributed by atoms with E-state index < -0.39 is 5.54 Å². The predicted molar refractivity (Wildman–Crippen MR) is 131 cm³/mol. The van der Waals surface area contributed by atoms with E-state index in [1.165, 1.54) is 11.1 Å². The van der Waals surface area contributed by atoms with E-state index in [1.54, 1.807) is 4.90 Å². The van der Waals surface area contributed by atoms with Crippen LogP contribution < -0.4 is 0 Å². The lowest BCUT2D eigenvalue weighted by molar-refractivity contribution is -0.166. The molecule has 2 amide bonds. The Bertz CT molecular complexity index is 1200. The molecule has 3 aromatic rings. The largest absolute Gasteiger partial charge is 0.356 e. The zero-order valence-corrected chi connectivity index (χ0v) is 19.9. The van der Waals surface area contributed by atoms with Gasteiger partial charge in [-0.3, -0.25) is 9.59 Å². The molecule has 0 saturated carbocycles. The first kappa shape index (κ1) is 21.7. The maximum absolute atomic E-state index is 13.9. The number of aromatic amines is 1. The standard InChI is InChI=1S/C28H33N3O2/c1-4-6-9-16-30-18-24(32)31-17-22(20-14-12-19(5-2)13-15-20)25-21-10-7-8-11-23(21)29-26(25)28(31,3)27(30)33/h7-8,10-15,22,29H,4-6,9,16-18H2,1-3H3/t22-,28-/m0/s1. The summed E-state index contributed by atoms with van der Waals surface area (Å²) in [5.74, 6) is 0.0948. The van der Waals surface area contributed by atoms with Crippen molar-refractivity contribution in [2.24, 2.45) is 0 Å². The van der Waals surface area contributed by atoms with Crippen molar-refractivity contribution in [3.63, 3.8) is 0 Å². The number of aromatic nitrogens is 1. The summed E-state index contributed by atoms with van der Waals surface area (Å²) < 4.78 is 0. The van der Waals surface area contributed by atoms with Gasteiger partial charge in [-0.1, -0.05) is 69.2 Å². The highest BCUT2D eigenvalue weighted by atomic mass is 16.2. The number of para-hydroxylation sites is 1. The number of rotatable bonds is 6. The average molecular weight is 444 g/mol. The number of carbonyl (C=O) groups excluding carboxylic acids is 2. The third-order valence-corrected chi connectivity index (χ3v) is 7.64. The van der Waals surface area contributed by atoms with Crippen LogP contribution in [0, 0.1) is 0 Å². The number of hydrogen-bond donors (Lipinski definition) is 1. The predicted octanol–water partition coefficient (Wildman–Crippen LogP) is 4.95. The van der Waals surface area contributed by atoms with Gasteiger partial charge in [0.25, 0.3) is 5.91 Å². The molecule has 0 radical (unpaired) electrons. The van der Waals surface area contributed by atoms with Gasteiger partial charge < -0.3 is 14.8 Å². The molecule has 0 bridgehead atoms. The third kappa shape index (κ3) is 3.36. The number of nitrogens with zero attached hydrogens (tertiary/aromatic N) is 2. The quantitative estimate of drug-likeness (QED) is 0.548. The van der Waals surface area contributed by atoms with E-state index in [0.29, 0.717) is 13.1 Å². The summed E-state index contributed by atoms with van der Waals surface area (Å²) in [5.41, 5.74) is 4.53. The van der Waals surface area contributed by atoms with Crippen molar-refractivity contribution in [3.8, 4) is 0 Å². The number of unbranched alkanes of at least 4 members (excludes halogenated alkanes) is 2. The molecule has 33 heavy (non-hydrogen) atoms. The van der Waals surface area contributed by atoms with Crippen LogP contribution in [0.1, 0.15) is 68.3 Å². The van der Waals surface area contributed by atoms with Crippen LogP contribution in [0.5, 0.6) is 0 Å². The Balaban J connectivity index is 1.65. The number of amides is 2. The summed E-state index contributed by atoms with van der Waals surface area (Å²) in [4.78, 5) is 34.5. The SMILES string of the molecule is CCCCCN1CC(=O)N2C[C@@H](c3ccc(CC)cc3)c3c([nH]c4ccccc34)[C@@]2(C)C1=O. The van der Waals surface area contributed by atoms with E-state index in [2.05, 4.69) is 55.2 Å². The zero-order chi connectivity index (χ0) is 23.2. The van der Waals surface area contributed by atoms with E-state index in [0.717, 1.165) is 47.8 Å². The molecule has 0 aliphatic carbocycles. The summed E-state index contributed by atoms with van der Waals surface area (Å²) in [6.45, 7) is 7.57. The van der Waals surface area contributed by atoms with Gasteiger partial charge in [0.1, 0.15) is 0 Å². The normalized spacial score (nSPS) is 22.6. The molecule has 5 nitrogen and oxygen atoms in total. The molecule has 5 heteroatoms. The molecular formula is C28H33N3O2. The Morgan fingerprint density at radius 2 is 1.79 bits per heavy atom. The average Bonchev–Trinajstić information content (AvgIpc) is 3.23. The van der Waals surface area contributed by atoms with Crippen molar-refractivity contribution in [1.29, 1.82) is 0 Å². The number of nitrogens with one attached hydrogen (secondary N) is 1. The van der Waals surface area contributed by atoms with Crippen molar-refractivity contribution in [1.82, 2.24) is 14.8 Å². The van der Waals surface area contributed by atoms with Gasteiger partial charge in [-0.15, -0.1) is 0 Å². The molecule has 2 aliphatic rings. The van der Waals surface area contributed by atoms with Gasteiger partial charge in [0.15, 0.2) is 5.54 Å². The highest BCUT2D eigenvalue weighted by molar-refractivity contribution is 6.01. The Morgan fingerprint density at radius 1 is 1.03 bits per heavy atom. The second kappa shape index (κ2) is 8.36. The van der Waals surface area contributed by atoms with Crippen molar-refractivity contribution in [2.75, 3.05) is 19.6 Å². The van der Waals surface area contributed by atoms with Crippen molar-refractivity contribution < 1.29 is 9.59 Å². The summed E-state index contributed by atoms with van der Waals surface area (Å²) in [5, 5.41) is 1.14. The summed E-state index contributed by atoms with van der Waals surface area (Å²) in [6.07, 6.45) is 4.07. The number of carbonyl (C=O) groups is 2. The first-order valence-electron chi connectivity index (χ1n) is 12.3. The van der Waals surface area contributed by atoms with Crippen LogP contribution in [-0.4, -0.2) is 46.2 Å². The summed E-state index contributed by atoms with van der Waals surface area (Å²) >= 11 is 0. The van der Waals surface area contributed by atoms with Crippen molar-refractivity contribution in [3.05, 3.63) is 70.9 Å². The Kier molecular flexibility index (Phi) is 5.51. The summed E-state index contributed by atoms with van der Waals surface area (Å²) in [7, 11) is 0. The van der Waals surface area contributed by atoms with Crippen LogP contribution in [0.25, 0.3) is 10.9 Å². The molecule has 2 aromatic carbocycles. The number of piperazine rings is 1. The van der Waals surface area contributed by atoms with Gasteiger partial charge in [-0.25, -0.2) is 0 Å². The molecular weight excluding hydrogens is 410 g/mol. The number of hydrogen-bond acceptors (Lipinski definition) is 2. The lowest BCUT2D eigenvalue weighted by Gasteiger charge is -2.51. The van der Waals surface area contributed by atoms with Gasteiger partial charge in [0, 0.05) is 29.9 Å². The number of fused-ring (bicyclic) bond motifs is 5. The lowest BCUT2D eigenvalue weighted by Crippen LogP contribution is -2.67. The smallest absolute Gasteiger partial charge is 0.254 e. The van der Waals surface area contributed by atoms with Gasteiger partial charge in [-0.2, -0.15) is 0 Å². The van der Waals surface area contributed by atoms with Crippen LogP contribution >= 0.6 is 0 Å². The molecule has 1 aromatic heterocycles. The fourth-order valence-corrected chi connectivity index (χ4v) is 5.69. The molecule has 1 N–H and O–H groups in total. The van der Waals surface area contributed by atoms with E-state index in [4.69, 9.17) is 0 Å². The maximum Gasteiger partial charge on any atom is 0.254 e. The van der Waals surface area contributed by atoms with Gasteiger partial charge in [-0.05, 0) is 42.5 Å². The number of benzene rings is 2. The molecule has 0 spiro atoms. The Hall–Kier alpha value is -3.08. The Labute approximate surface area is 195 Å². The van der Waals surface area contributed by atoms with E-state index in [9.17, 15) is 9.59 Å². The second-order valence-corrected chi connectivity index (χ2v) is 9.62. The lowest BCUT2D eigenvalue weighted by atomic mass is 9.76. The van der Waals surface area contributed by atoms with Crippen molar-refractivity contribution in [2.45, 2.75) is 57.9 Å². The fraction of sp³-hybridized carbons (Fsp3) is 0.429. The molecule has 0 unspecified atom stereocenters. The van der Waals surface area contributed by atoms with E-state index >= 15 is 0 Å². The molecule has 2 aliphatic heterocycles. The first-order valence-corrected chi connectivity index (χ1v) is 12.3. The minimum absolute atomic E-state index is 0.0264. The van der Waals surface area contributed by atoms with Gasteiger partial charge in [0.05, 0.1) is 12.2 Å². The number of H-pyrrole nitrogens is 1. The maximum atomic E-state index is 13.9. The summed E-state index contributed by atoms with van der Waals surface area (Å²) in [6, 6.07) is 17.0. The van der Waals surface area contributed by atoms with Crippen LogP contribution in [0.15, 0.2) is 48.5 Å².